The SMILES string of the molecule is Cc1ccc(Cn2c(SCC(=O)Nc3cc(C)ccc3C)nc3c(oc4ccccc43)c2=O)cc1. The highest BCUT2D eigenvalue weighted by Gasteiger charge is 2.19. The minimum Gasteiger partial charge on any atom is -0.448 e. The summed E-state index contributed by atoms with van der Waals surface area (Å²) in [4.78, 5) is 31.1. The molecule has 0 aliphatic heterocycles. The molecule has 176 valence electrons. The molecule has 7 heteroatoms. The van der Waals surface area contributed by atoms with Crippen LogP contribution >= 0.6 is 11.8 Å². The zero-order valence-corrected chi connectivity index (χ0v) is 20.6. The van der Waals surface area contributed by atoms with Crippen LogP contribution in [0, 0.1) is 20.8 Å². The number of carbonyl (C=O) groups excluding carboxylic acids is 1. The van der Waals surface area contributed by atoms with Crippen molar-refractivity contribution < 1.29 is 9.21 Å². The van der Waals surface area contributed by atoms with Crippen molar-refractivity contribution in [2.45, 2.75) is 32.5 Å². The number of benzene rings is 3. The number of furan rings is 1. The van der Waals surface area contributed by atoms with Crippen LogP contribution in [0.1, 0.15) is 22.3 Å². The molecule has 0 unspecified atom stereocenters. The first-order chi connectivity index (χ1) is 16.9. The summed E-state index contributed by atoms with van der Waals surface area (Å²) in [7, 11) is 0. The van der Waals surface area contributed by atoms with Gasteiger partial charge in [0.25, 0.3) is 5.56 Å². The first-order valence-corrected chi connectivity index (χ1v) is 12.3. The number of para-hydroxylation sites is 1. The van der Waals surface area contributed by atoms with E-state index in [1.165, 1.54) is 11.8 Å². The molecule has 0 atom stereocenters. The number of nitrogens with zero attached hydrogens (tertiary/aromatic N) is 2. The van der Waals surface area contributed by atoms with Gasteiger partial charge in [-0.15, -0.1) is 0 Å². The van der Waals surface area contributed by atoms with E-state index >= 15 is 0 Å². The van der Waals surface area contributed by atoms with Gasteiger partial charge in [0.05, 0.1) is 12.3 Å². The van der Waals surface area contributed by atoms with Gasteiger partial charge in [-0.25, -0.2) is 4.98 Å². The number of carbonyl (C=O) groups is 1. The van der Waals surface area contributed by atoms with Gasteiger partial charge in [-0.2, -0.15) is 0 Å². The average molecular weight is 484 g/mol. The van der Waals surface area contributed by atoms with Gasteiger partial charge >= 0.3 is 0 Å². The molecule has 0 saturated carbocycles. The Kier molecular flexibility index (Phi) is 6.17. The van der Waals surface area contributed by atoms with E-state index < -0.39 is 0 Å². The predicted molar refractivity (Wildman–Crippen MR) is 141 cm³/mol. The van der Waals surface area contributed by atoms with Crippen molar-refractivity contribution in [3.05, 3.63) is 99.3 Å². The Morgan fingerprint density at radius 2 is 1.74 bits per heavy atom. The van der Waals surface area contributed by atoms with E-state index in [0.717, 1.165) is 33.3 Å². The Bertz CT molecular complexity index is 1620. The maximum atomic E-state index is 13.5. The first-order valence-electron chi connectivity index (χ1n) is 11.4. The van der Waals surface area contributed by atoms with E-state index in [4.69, 9.17) is 9.40 Å². The summed E-state index contributed by atoms with van der Waals surface area (Å²) < 4.78 is 7.47. The fourth-order valence-electron chi connectivity index (χ4n) is 3.97. The lowest BCUT2D eigenvalue weighted by Crippen LogP contribution is -2.24. The molecule has 5 rings (SSSR count). The fourth-order valence-corrected chi connectivity index (χ4v) is 4.76. The monoisotopic (exact) mass is 483 g/mol. The summed E-state index contributed by atoms with van der Waals surface area (Å²) in [6, 6.07) is 21.4. The van der Waals surface area contributed by atoms with Gasteiger partial charge in [0.15, 0.2) is 5.16 Å². The molecule has 6 nitrogen and oxygen atoms in total. The van der Waals surface area contributed by atoms with Crippen molar-refractivity contribution in [2.24, 2.45) is 0 Å². The van der Waals surface area contributed by atoms with Gasteiger partial charge in [-0.05, 0) is 55.7 Å². The Hall–Kier alpha value is -3.84. The number of anilines is 1. The number of hydrogen-bond donors (Lipinski definition) is 1. The Balaban J connectivity index is 1.51. The highest BCUT2D eigenvalue weighted by molar-refractivity contribution is 7.99. The van der Waals surface area contributed by atoms with Crippen molar-refractivity contribution in [1.29, 1.82) is 0 Å². The number of aryl methyl sites for hydroxylation is 3. The summed E-state index contributed by atoms with van der Waals surface area (Å²) in [6.07, 6.45) is 0. The molecule has 1 N–H and O–H groups in total. The lowest BCUT2D eigenvalue weighted by molar-refractivity contribution is -0.113. The topological polar surface area (TPSA) is 77.1 Å². The maximum Gasteiger partial charge on any atom is 0.298 e. The summed E-state index contributed by atoms with van der Waals surface area (Å²) in [5, 5.41) is 4.24. The van der Waals surface area contributed by atoms with Crippen LogP contribution in [-0.4, -0.2) is 21.2 Å². The van der Waals surface area contributed by atoms with Crippen LogP contribution in [-0.2, 0) is 11.3 Å². The van der Waals surface area contributed by atoms with Crippen LogP contribution in [0.25, 0.3) is 22.1 Å². The highest BCUT2D eigenvalue weighted by atomic mass is 32.2. The Morgan fingerprint density at radius 3 is 2.54 bits per heavy atom. The van der Waals surface area contributed by atoms with Crippen LogP contribution in [0.15, 0.2) is 81.1 Å². The zero-order chi connectivity index (χ0) is 24.5. The number of nitrogens with one attached hydrogen (secondary N) is 1. The number of amides is 1. The third kappa shape index (κ3) is 4.72. The van der Waals surface area contributed by atoms with Gasteiger partial charge in [0, 0.05) is 11.1 Å². The molecule has 5 aromatic rings. The largest absolute Gasteiger partial charge is 0.448 e. The normalized spacial score (nSPS) is 11.3. The molecule has 0 spiro atoms. The second kappa shape index (κ2) is 9.43. The van der Waals surface area contributed by atoms with Gasteiger partial charge in [-0.3, -0.25) is 14.2 Å². The summed E-state index contributed by atoms with van der Waals surface area (Å²) in [5.41, 5.74) is 6.07. The molecular weight excluding hydrogens is 458 g/mol. The fraction of sp³-hybridized carbons (Fsp3) is 0.179. The molecule has 3 aromatic carbocycles. The number of aromatic nitrogens is 2. The molecule has 35 heavy (non-hydrogen) atoms. The number of hydrogen-bond acceptors (Lipinski definition) is 5. The number of fused-ring (bicyclic) bond motifs is 3. The molecule has 2 aromatic heterocycles. The Morgan fingerprint density at radius 1 is 1.00 bits per heavy atom. The third-order valence-electron chi connectivity index (χ3n) is 5.91. The molecule has 2 heterocycles. The molecular formula is C28H25N3O3S. The average Bonchev–Trinajstić information content (AvgIpc) is 3.22. The molecule has 0 bridgehead atoms. The molecule has 1 amide bonds. The quantitative estimate of drug-likeness (QED) is 0.242. The standard InChI is InChI=1S/C28H25N3O3S/c1-17-9-12-20(13-10-17)15-31-27(33)26-25(21-6-4-5-7-23(21)34-26)30-28(31)35-16-24(32)29-22-14-18(2)8-11-19(22)3/h4-14H,15-16H2,1-3H3,(H,29,32). The van der Waals surface area contributed by atoms with E-state index in [1.54, 1.807) is 4.57 Å². The van der Waals surface area contributed by atoms with Crippen LogP contribution in [0.5, 0.6) is 0 Å². The van der Waals surface area contributed by atoms with Gasteiger partial charge in [-0.1, -0.05) is 65.9 Å². The smallest absolute Gasteiger partial charge is 0.298 e. The molecule has 0 fully saturated rings. The van der Waals surface area contributed by atoms with Crippen molar-refractivity contribution in [3.8, 4) is 0 Å². The lowest BCUT2D eigenvalue weighted by atomic mass is 10.1. The summed E-state index contributed by atoms with van der Waals surface area (Å²) >= 11 is 1.25. The summed E-state index contributed by atoms with van der Waals surface area (Å²) in [6.45, 7) is 6.30. The van der Waals surface area contributed by atoms with E-state index in [-0.39, 0.29) is 22.8 Å². The zero-order valence-electron chi connectivity index (χ0n) is 19.8. The second-order valence-corrected chi connectivity index (χ2v) is 9.64. The van der Waals surface area contributed by atoms with Crippen LogP contribution < -0.4 is 10.9 Å². The van der Waals surface area contributed by atoms with E-state index in [9.17, 15) is 9.59 Å². The van der Waals surface area contributed by atoms with Gasteiger partial charge in [0.1, 0.15) is 11.1 Å². The molecule has 0 saturated heterocycles. The minimum absolute atomic E-state index is 0.120. The number of rotatable bonds is 6. The van der Waals surface area contributed by atoms with E-state index in [0.29, 0.717) is 22.8 Å². The molecule has 0 aliphatic rings. The summed E-state index contributed by atoms with van der Waals surface area (Å²) in [5.74, 6) is -0.0355. The van der Waals surface area contributed by atoms with Crippen LogP contribution in [0.3, 0.4) is 0 Å². The number of thioether (sulfide) groups is 1. The van der Waals surface area contributed by atoms with Gasteiger partial charge < -0.3 is 9.73 Å². The molecule has 0 aliphatic carbocycles. The lowest BCUT2D eigenvalue weighted by Gasteiger charge is -2.13. The minimum atomic E-state index is -0.260. The van der Waals surface area contributed by atoms with Crippen LogP contribution in [0.2, 0.25) is 0 Å². The highest BCUT2D eigenvalue weighted by Crippen LogP contribution is 2.28. The van der Waals surface area contributed by atoms with Crippen molar-refractivity contribution >= 4 is 45.4 Å². The van der Waals surface area contributed by atoms with E-state index in [2.05, 4.69) is 5.32 Å². The Labute approximate surface area is 207 Å². The van der Waals surface area contributed by atoms with Crippen molar-refractivity contribution in [1.82, 2.24) is 9.55 Å². The van der Waals surface area contributed by atoms with E-state index in [1.807, 2.05) is 87.5 Å². The second-order valence-electron chi connectivity index (χ2n) is 8.70. The predicted octanol–water partition coefficient (Wildman–Crippen LogP) is 5.85. The van der Waals surface area contributed by atoms with Crippen molar-refractivity contribution in [3.63, 3.8) is 0 Å². The first kappa shape index (κ1) is 22.9. The molecule has 0 radical (unpaired) electrons. The van der Waals surface area contributed by atoms with Crippen LogP contribution in [0.4, 0.5) is 5.69 Å². The maximum absolute atomic E-state index is 13.5. The third-order valence-corrected chi connectivity index (χ3v) is 6.88. The van der Waals surface area contributed by atoms with Gasteiger partial charge in [0.2, 0.25) is 11.5 Å². The van der Waals surface area contributed by atoms with Crippen molar-refractivity contribution in [2.75, 3.05) is 11.1 Å².